The van der Waals surface area contributed by atoms with Crippen LogP contribution in [-0.2, 0) is 19.0 Å². The zero-order valence-electron chi connectivity index (χ0n) is 9.30. The normalized spacial score (nSPS) is 30.3. The van der Waals surface area contributed by atoms with E-state index in [2.05, 4.69) is 0 Å². The molecule has 3 atom stereocenters. The highest BCUT2D eigenvalue weighted by Crippen LogP contribution is 2.24. The van der Waals surface area contributed by atoms with Crippen molar-refractivity contribution in [3.05, 3.63) is 0 Å². The van der Waals surface area contributed by atoms with Crippen LogP contribution in [0.25, 0.3) is 0 Å². The van der Waals surface area contributed by atoms with Gasteiger partial charge in [0.05, 0.1) is 6.10 Å². The Bertz CT molecular complexity index is 219. The summed E-state index contributed by atoms with van der Waals surface area (Å²) in [5.74, 6) is 0.0503. The van der Waals surface area contributed by atoms with Crippen molar-refractivity contribution in [1.29, 1.82) is 0 Å². The van der Waals surface area contributed by atoms with Gasteiger partial charge in [-0.25, -0.2) is 0 Å². The van der Waals surface area contributed by atoms with Gasteiger partial charge >= 0.3 is 0 Å². The SMILES string of the molecule is CC(=O)CC1CC[C@H](OCO)C(OCO)O1. The molecule has 0 aromatic rings. The third kappa shape index (κ3) is 4.15. The Morgan fingerprint density at radius 3 is 2.56 bits per heavy atom. The lowest BCUT2D eigenvalue weighted by Crippen LogP contribution is -2.43. The Hall–Kier alpha value is -0.530. The molecule has 2 N–H and O–H groups in total. The third-order valence-corrected chi connectivity index (χ3v) is 2.45. The van der Waals surface area contributed by atoms with E-state index in [-0.39, 0.29) is 11.9 Å². The molecule has 1 heterocycles. The fourth-order valence-electron chi connectivity index (χ4n) is 1.78. The number of aliphatic hydroxyl groups is 2. The van der Waals surface area contributed by atoms with Gasteiger partial charge in [0.15, 0.2) is 6.29 Å². The molecule has 0 amide bonds. The summed E-state index contributed by atoms with van der Waals surface area (Å²) in [6.45, 7) is 0.598. The minimum atomic E-state index is -0.727. The zero-order chi connectivity index (χ0) is 12.0. The largest absolute Gasteiger partial charge is 0.371 e. The number of aliphatic hydroxyl groups excluding tert-OH is 2. The monoisotopic (exact) mass is 234 g/mol. The van der Waals surface area contributed by atoms with Gasteiger partial charge in [0, 0.05) is 6.42 Å². The fourth-order valence-corrected chi connectivity index (χ4v) is 1.78. The number of rotatable bonds is 6. The predicted octanol–water partition coefficient (Wildman–Crippen LogP) is -0.228. The van der Waals surface area contributed by atoms with Crippen LogP contribution in [0.1, 0.15) is 26.2 Å². The molecule has 94 valence electrons. The Morgan fingerprint density at radius 2 is 2.00 bits per heavy atom. The molecule has 1 rings (SSSR count). The summed E-state index contributed by atoms with van der Waals surface area (Å²) in [7, 11) is 0. The van der Waals surface area contributed by atoms with E-state index in [1.165, 1.54) is 6.92 Å². The quantitative estimate of drug-likeness (QED) is 0.618. The molecule has 0 spiro atoms. The van der Waals surface area contributed by atoms with Crippen molar-refractivity contribution in [3.8, 4) is 0 Å². The van der Waals surface area contributed by atoms with Crippen LogP contribution in [0.2, 0.25) is 0 Å². The van der Waals surface area contributed by atoms with Gasteiger partial charge in [-0.2, -0.15) is 0 Å². The first-order valence-corrected chi connectivity index (χ1v) is 5.27. The zero-order valence-corrected chi connectivity index (χ0v) is 9.30. The van der Waals surface area contributed by atoms with Crippen LogP contribution < -0.4 is 0 Å². The summed E-state index contributed by atoms with van der Waals surface area (Å²) in [6, 6.07) is 0. The molecule has 6 heteroatoms. The minimum absolute atomic E-state index is 0.0503. The van der Waals surface area contributed by atoms with Crippen LogP contribution in [0.15, 0.2) is 0 Å². The summed E-state index contributed by atoms with van der Waals surface area (Å²) in [5, 5.41) is 17.4. The Morgan fingerprint density at radius 1 is 1.31 bits per heavy atom. The first kappa shape index (κ1) is 13.5. The molecule has 1 saturated heterocycles. The van der Waals surface area contributed by atoms with Gasteiger partial charge in [0.1, 0.15) is 25.5 Å². The van der Waals surface area contributed by atoms with Gasteiger partial charge in [-0.15, -0.1) is 0 Å². The summed E-state index contributed by atoms with van der Waals surface area (Å²) >= 11 is 0. The Kier molecular flexibility index (Phi) is 5.86. The van der Waals surface area contributed by atoms with Crippen LogP contribution >= 0.6 is 0 Å². The average molecular weight is 234 g/mol. The van der Waals surface area contributed by atoms with E-state index in [9.17, 15) is 4.79 Å². The molecule has 0 radical (unpaired) electrons. The number of Topliss-reactive ketones (excluding diaryl/α,β-unsaturated/α-hetero) is 1. The summed E-state index contributed by atoms with van der Waals surface area (Å²) in [5.41, 5.74) is 0. The average Bonchev–Trinajstić information content (AvgIpc) is 2.21. The van der Waals surface area contributed by atoms with Gasteiger partial charge in [-0.1, -0.05) is 0 Å². The number of carbonyl (C=O) groups excluding carboxylic acids is 1. The molecule has 6 nitrogen and oxygen atoms in total. The summed E-state index contributed by atoms with van der Waals surface area (Å²) in [6.07, 6.45) is 0.304. The lowest BCUT2D eigenvalue weighted by molar-refractivity contribution is -0.278. The second-order valence-electron chi connectivity index (χ2n) is 3.74. The summed E-state index contributed by atoms with van der Waals surface area (Å²) < 4.78 is 15.4. The van der Waals surface area contributed by atoms with Crippen molar-refractivity contribution >= 4 is 5.78 Å². The number of ketones is 1. The van der Waals surface area contributed by atoms with Gasteiger partial charge in [0.2, 0.25) is 0 Å². The molecule has 0 saturated carbocycles. The maximum absolute atomic E-state index is 10.9. The van der Waals surface area contributed by atoms with Gasteiger partial charge in [-0.3, -0.25) is 4.79 Å². The van der Waals surface area contributed by atoms with E-state index in [4.69, 9.17) is 24.4 Å². The molecule has 1 aliphatic rings. The molecule has 0 aliphatic carbocycles. The molecule has 0 aromatic carbocycles. The van der Waals surface area contributed by atoms with E-state index >= 15 is 0 Å². The number of hydrogen-bond donors (Lipinski definition) is 2. The van der Waals surface area contributed by atoms with E-state index in [1.807, 2.05) is 0 Å². The van der Waals surface area contributed by atoms with Crippen LogP contribution in [0.5, 0.6) is 0 Å². The van der Waals surface area contributed by atoms with Crippen molar-refractivity contribution in [2.24, 2.45) is 0 Å². The van der Waals surface area contributed by atoms with Crippen molar-refractivity contribution < 1.29 is 29.2 Å². The Balaban J connectivity index is 2.46. The van der Waals surface area contributed by atoms with Crippen molar-refractivity contribution in [2.75, 3.05) is 13.6 Å². The molecule has 0 aromatic heterocycles. The van der Waals surface area contributed by atoms with Crippen molar-refractivity contribution in [1.82, 2.24) is 0 Å². The second-order valence-corrected chi connectivity index (χ2v) is 3.74. The first-order valence-electron chi connectivity index (χ1n) is 5.27. The van der Waals surface area contributed by atoms with Crippen LogP contribution in [-0.4, -0.2) is 48.1 Å². The lowest BCUT2D eigenvalue weighted by Gasteiger charge is -2.34. The maximum Gasteiger partial charge on any atom is 0.186 e. The van der Waals surface area contributed by atoms with Gasteiger partial charge in [0.25, 0.3) is 0 Å². The van der Waals surface area contributed by atoms with Gasteiger partial charge in [-0.05, 0) is 19.8 Å². The number of ether oxygens (including phenoxy) is 3. The molecule has 16 heavy (non-hydrogen) atoms. The van der Waals surface area contributed by atoms with E-state index < -0.39 is 26.0 Å². The highest BCUT2D eigenvalue weighted by Gasteiger charge is 2.33. The lowest BCUT2D eigenvalue weighted by atomic mass is 10.0. The van der Waals surface area contributed by atoms with Crippen LogP contribution in [0, 0.1) is 0 Å². The minimum Gasteiger partial charge on any atom is -0.371 e. The second kappa shape index (κ2) is 6.93. The highest BCUT2D eigenvalue weighted by molar-refractivity contribution is 5.75. The molecule has 1 fully saturated rings. The molecule has 0 bridgehead atoms. The predicted molar refractivity (Wildman–Crippen MR) is 53.3 cm³/mol. The van der Waals surface area contributed by atoms with E-state index in [1.54, 1.807) is 0 Å². The third-order valence-electron chi connectivity index (χ3n) is 2.45. The standard InChI is InChI=1S/C10H18O6/c1-7(13)4-8-2-3-9(14-5-11)10(16-8)15-6-12/h8-12H,2-6H2,1H3/t8?,9-,10?/m0/s1. The van der Waals surface area contributed by atoms with E-state index in [0.29, 0.717) is 19.3 Å². The molecule has 1 aliphatic heterocycles. The molecular formula is C10H18O6. The topological polar surface area (TPSA) is 85.2 Å². The fraction of sp³-hybridized carbons (Fsp3) is 0.900. The molecule has 2 unspecified atom stereocenters. The Labute approximate surface area is 94.1 Å². The smallest absolute Gasteiger partial charge is 0.186 e. The molecular weight excluding hydrogens is 216 g/mol. The van der Waals surface area contributed by atoms with Crippen molar-refractivity contribution in [2.45, 2.75) is 44.7 Å². The number of hydrogen-bond acceptors (Lipinski definition) is 6. The van der Waals surface area contributed by atoms with E-state index in [0.717, 1.165) is 0 Å². The summed E-state index contributed by atoms with van der Waals surface area (Å²) in [4.78, 5) is 10.9. The number of carbonyl (C=O) groups is 1. The van der Waals surface area contributed by atoms with Gasteiger partial charge < -0.3 is 24.4 Å². The van der Waals surface area contributed by atoms with Crippen LogP contribution in [0.3, 0.4) is 0 Å². The van der Waals surface area contributed by atoms with Crippen molar-refractivity contribution in [3.63, 3.8) is 0 Å². The highest BCUT2D eigenvalue weighted by atomic mass is 16.7. The van der Waals surface area contributed by atoms with Crippen LogP contribution in [0.4, 0.5) is 0 Å². The maximum atomic E-state index is 10.9. The first-order chi connectivity index (χ1) is 7.67.